The highest BCUT2D eigenvalue weighted by Crippen LogP contribution is 2.22. The smallest absolute Gasteiger partial charge is 0.227 e. The summed E-state index contributed by atoms with van der Waals surface area (Å²) >= 11 is 0. The summed E-state index contributed by atoms with van der Waals surface area (Å²) in [5, 5.41) is 0. The van der Waals surface area contributed by atoms with Crippen LogP contribution in [-0.2, 0) is 11.3 Å². The number of anilines is 1. The molecule has 4 heteroatoms. The average Bonchev–Trinajstić information content (AvgIpc) is 2.76. The van der Waals surface area contributed by atoms with Crippen molar-refractivity contribution < 1.29 is 4.79 Å². The lowest BCUT2D eigenvalue weighted by Gasteiger charge is -2.39. The molecular weight excluding hydrogens is 346 g/mol. The van der Waals surface area contributed by atoms with Crippen molar-refractivity contribution in [3.63, 3.8) is 0 Å². The number of likely N-dealkylation sites (tertiary alicyclic amines) is 1. The number of piperazine rings is 1. The molecule has 2 saturated heterocycles. The number of rotatable bonds is 4. The van der Waals surface area contributed by atoms with E-state index in [0.717, 1.165) is 58.7 Å². The molecule has 0 spiro atoms. The van der Waals surface area contributed by atoms with Crippen LogP contribution >= 0.6 is 0 Å². The van der Waals surface area contributed by atoms with Gasteiger partial charge in [-0.3, -0.25) is 9.69 Å². The van der Waals surface area contributed by atoms with Gasteiger partial charge in [0, 0.05) is 45.0 Å². The number of nitrogens with zero attached hydrogens (tertiary/aromatic N) is 3. The van der Waals surface area contributed by atoms with Crippen molar-refractivity contribution in [1.82, 2.24) is 9.80 Å². The summed E-state index contributed by atoms with van der Waals surface area (Å²) in [5.74, 6) is 0.517. The van der Waals surface area contributed by atoms with E-state index in [1.165, 1.54) is 16.8 Å². The van der Waals surface area contributed by atoms with Gasteiger partial charge in [-0.25, -0.2) is 0 Å². The van der Waals surface area contributed by atoms with Crippen LogP contribution in [0.25, 0.3) is 0 Å². The molecule has 0 aliphatic carbocycles. The Kier molecular flexibility index (Phi) is 5.96. The molecule has 4 rings (SSSR count). The largest absolute Gasteiger partial charge is 0.368 e. The standard InChI is InChI=1S/C24H31N3O/c1-20-9-11-21(12-10-20)18-25-13-5-6-22(19-25)24(28)27-16-14-26(15-17-27)23-7-3-2-4-8-23/h2-4,7-12,22H,5-6,13-19H2,1H3. The second kappa shape index (κ2) is 8.78. The normalized spacial score (nSPS) is 21.0. The molecule has 1 amide bonds. The number of benzene rings is 2. The van der Waals surface area contributed by atoms with E-state index in [9.17, 15) is 4.79 Å². The molecule has 1 unspecified atom stereocenters. The summed E-state index contributed by atoms with van der Waals surface area (Å²) in [6, 6.07) is 19.3. The van der Waals surface area contributed by atoms with Crippen molar-refractivity contribution in [3.05, 3.63) is 65.7 Å². The van der Waals surface area contributed by atoms with Gasteiger partial charge in [0.1, 0.15) is 0 Å². The molecule has 2 heterocycles. The summed E-state index contributed by atoms with van der Waals surface area (Å²) in [6.45, 7) is 8.59. The molecule has 148 valence electrons. The molecular formula is C24H31N3O. The van der Waals surface area contributed by atoms with Crippen LogP contribution in [0, 0.1) is 12.8 Å². The highest BCUT2D eigenvalue weighted by atomic mass is 16.2. The first-order valence-corrected chi connectivity index (χ1v) is 10.6. The predicted octanol–water partition coefficient (Wildman–Crippen LogP) is 3.56. The number of hydrogen-bond acceptors (Lipinski definition) is 3. The fraction of sp³-hybridized carbons (Fsp3) is 0.458. The fourth-order valence-corrected chi connectivity index (χ4v) is 4.43. The average molecular weight is 378 g/mol. The van der Waals surface area contributed by atoms with E-state index in [0.29, 0.717) is 5.91 Å². The number of hydrogen-bond donors (Lipinski definition) is 0. The van der Waals surface area contributed by atoms with Gasteiger partial charge in [-0.15, -0.1) is 0 Å². The number of carbonyl (C=O) groups excluding carboxylic acids is 1. The zero-order valence-corrected chi connectivity index (χ0v) is 16.9. The van der Waals surface area contributed by atoms with E-state index in [1.807, 2.05) is 0 Å². The van der Waals surface area contributed by atoms with E-state index in [-0.39, 0.29) is 5.92 Å². The molecule has 2 aromatic rings. The van der Waals surface area contributed by atoms with Gasteiger partial charge >= 0.3 is 0 Å². The minimum Gasteiger partial charge on any atom is -0.368 e. The Morgan fingerprint density at radius 2 is 1.64 bits per heavy atom. The van der Waals surface area contributed by atoms with Gasteiger partial charge in [0.15, 0.2) is 0 Å². The topological polar surface area (TPSA) is 26.8 Å². The maximum Gasteiger partial charge on any atom is 0.227 e. The van der Waals surface area contributed by atoms with Crippen molar-refractivity contribution in [1.29, 1.82) is 0 Å². The zero-order valence-electron chi connectivity index (χ0n) is 16.9. The summed E-state index contributed by atoms with van der Waals surface area (Å²) < 4.78 is 0. The van der Waals surface area contributed by atoms with E-state index in [1.54, 1.807) is 0 Å². The Morgan fingerprint density at radius 1 is 0.929 bits per heavy atom. The quantitative estimate of drug-likeness (QED) is 0.815. The fourth-order valence-electron chi connectivity index (χ4n) is 4.43. The summed E-state index contributed by atoms with van der Waals surface area (Å²) in [5.41, 5.74) is 3.90. The predicted molar refractivity (Wildman–Crippen MR) is 114 cm³/mol. The monoisotopic (exact) mass is 377 g/mol. The Morgan fingerprint density at radius 3 is 2.36 bits per heavy atom. The molecule has 2 aliphatic heterocycles. The third kappa shape index (κ3) is 4.56. The van der Waals surface area contributed by atoms with Crippen LogP contribution in [0.3, 0.4) is 0 Å². The first-order chi connectivity index (χ1) is 13.7. The molecule has 4 nitrogen and oxygen atoms in total. The maximum absolute atomic E-state index is 13.1. The molecule has 2 fully saturated rings. The highest BCUT2D eigenvalue weighted by Gasteiger charge is 2.31. The van der Waals surface area contributed by atoms with Crippen molar-refractivity contribution in [2.24, 2.45) is 5.92 Å². The van der Waals surface area contributed by atoms with Crippen molar-refractivity contribution in [3.8, 4) is 0 Å². The van der Waals surface area contributed by atoms with Crippen molar-refractivity contribution >= 4 is 11.6 Å². The number of aryl methyl sites for hydroxylation is 1. The van der Waals surface area contributed by atoms with Gasteiger partial charge in [-0.2, -0.15) is 0 Å². The van der Waals surface area contributed by atoms with Gasteiger partial charge in [-0.1, -0.05) is 48.0 Å². The Labute approximate surface area is 168 Å². The first-order valence-electron chi connectivity index (χ1n) is 10.6. The lowest BCUT2D eigenvalue weighted by atomic mass is 9.95. The number of para-hydroxylation sites is 1. The van der Waals surface area contributed by atoms with Crippen LogP contribution in [0.1, 0.15) is 24.0 Å². The lowest BCUT2D eigenvalue weighted by Crippen LogP contribution is -2.52. The molecule has 0 N–H and O–H groups in total. The van der Waals surface area contributed by atoms with E-state index >= 15 is 0 Å². The first kappa shape index (κ1) is 19.0. The van der Waals surface area contributed by atoms with Gasteiger partial charge < -0.3 is 9.80 Å². The van der Waals surface area contributed by atoms with Crippen LogP contribution in [0.5, 0.6) is 0 Å². The molecule has 0 radical (unpaired) electrons. The second-order valence-corrected chi connectivity index (χ2v) is 8.21. The Hall–Kier alpha value is -2.33. The van der Waals surface area contributed by atoms with Gasteiger partial charge in [0.25, 0.3) is 0 Å². The minimum absolute atomic E-state index is 0.155. The van der Waals surface area contributed by atoms with Crippen LogP contribution < -0.4 is 4.90 Å². The zero-order chi connectivity index (χ0) is 19.3. The second-order valence-electron chi connectivity index (χ2n) is 8.21. The molecule has 1 atom stereocenters. The maximum atomic E-state index is 13.1. The van der Waals surface area contributed by atoms with Crippen LogP contribution in [-0.4, -0.2) is 55.0 Å². The lowest BCUT2D eigenvalue weighted by molar-refractivity contribution is -0.137. The number of carbonyl (C=O) groups is 1. The molecule has 0 aromatic heterocycles. The number of piperidine rings is 1. The van der Waals surface area contributed by atoms with Crippen molar-refractivity contribution in [2.45, 2.75) is 26.3 Å². The van der Waals surface area contributed by atoms with Gasteiger partial charge in [0.05, 0.1) is 5.92 Å². The summed E-state index contributed by atoms with van der Waals surface area (Å²) in [6.07, 6.45) is 2.15. The highest BCUT2D eigenvalue weighted by molar-refractivity contribution is 5.79. The third-order valence-corrected chi connectivity index (χ3v) is 6.09. The summed E-state index contributed by atoms with van der Waals surface area (Å²) in [7, 11) is 0. The molecule has 2 aromatic carbocycles. The van der Waals surface area contributed by atoms with Gasteiger partial charge in [0.2, 0.25) is 5.91 Å². The van der Waals surface area contributed by atoms with Crippen molar-refractivity contribution in [2.75, 3.05) is 44.2 Å². The molecule has 0 saturated carbocycles. The van der Waals surface area contributed by atoms with Crippen LogP contribution in [0.2, 0.25) is 0 Å². The molecule has 2 aliphatic rings. The Bertz CT molecular complexity index is 766. The van der Waals surface area contributed by atoms with E-state index in [4.69, 9.17) is 0 Å². The van der Waals surface area contributed by atoms with Gasteiger partial charge in [-0.05, 0) is 44.0 Å². The molecule has 28 heavy (non-hydrogen) atoms. The summed E-state index contributed by atoms with van der Waals surface area (Å²) in [4.78, 5) is 20.1. The van der Waals surface area contributed by atoms with Crippen LogP contribution in [0.15, 0.2) is 54.6 Å². The van der Waals surface area contributed by atoms with E-state index in [2.05, 4.69) is 76.2 Å². The number of amides is 1. The third-order valence-electron chi connectivity index (χ3n) is 6.09. The Balaban J connectivity index is 1.30. The van der Waals surface area contributed by atoms with E-state index < -0.39 is 0 Å². The SMILES string of the molecule is Cc1ccc(CN2CCCC(C(=O)N3CCN(c4ccccc4)CC3)C2)cc1. The van der Waals surface area contributed by atoms with Crippen LogP contribution in [0.4, 0.5) is 5.69 Å². The molecule has 0 bridgehead atoms. The minimum atomic E-state index is 0.155.